The lowest BCUT2D eigenvalue weighted by atomic mass is 10.1. The Kier molecular flexibility index (Phi) is 5.21. The smallest absolute Gasteiger partial charge is 0.337 e. The highest BCUT2D eigenvalue weighted by molar-refractivity contribution is 5.95. The molecule has 118 valence electrons. The van der Waals surface area contributed by atoms with Crippen LogP contribution in [0.4, 0.5) is 0 Å². The monoisotopic (exact) mass is 322 g/mol. The number of carbonyl (C=O) groups excluding carboxylic acids is 1. The summed E-state index contributed by atoms with van der Waals surface area (Å²) >= 11 is 0. The predicted octanol–water partition coefficient (Wildman–Crippen LogP) is 1.82. The van der Waals surface area contributed by atoms with E-state index in [9.17, 15) is 9.59 Å². The van der Waals surface area contributed by atoms with Crippen LogP contribution >= 0.6 is 12.4 Å². The number of esters is 1. The zero-order chi connectivity index (χ0) is 14.8. The van der Waals surface area contributed by atoms with Crippen LogP contribution in [-0.2, 0) is 11.3 Å². The number of aromatic nitrogens is 1. The molecular formula is C16H19ClN2O3. The highest BCUT2D eigenvalue weighted by atomic mass is 35.5. The van der Waals surface area contributed by atoms with E-state index in [0.29, 0.717) is 23.4 Å². The Bertz CT molecular complexity index is 736. The van der Waals surface area contributed by atoms with E-state index in [2.05, 4.69) is 5.32 Å². The van der Waals surface area contributed by atoms with E-state index < -0.39 is 5.97 Å². The Hall–Kier alpha value is -1.85. The van der Waals surface area contributed by atoms with Gasteiger partial charge in [0.25, 0.3) is 5.56 Å². The third-order valence-corrected chi connectivity index (χ3v) is 4.02. The minimum atomic E-state index is -0.424. The highest BCUT2D eigenvalue weighted by Gasteiger charge is 2.16. The van der Waals surface area contributed by atoms with Gasteiger partial charge in [-0.25, -0.2) is 4.79 Å². The molecule has 1 aromatic heterocycles. The Morgan fingerprint density at radius 3 is 2.91 bits per heavy atom. The molecule has 1 aliphatic rings. The van der Waals surface area contributed by atoms with Gasteiger partial charge in [0.05, 0.1) is 12.7 Å². The minimum Gasteiger partial charge on any atom is -0.465 e. The molecule has 1 unspecified atom stereocenters. The van der Waals surface area contributed by atoms with Gasteiger partial charge < -0.3 is 14.6 Å². The van der Waals surface area contributed by atoms with E-state index in [1.165, 1.54) is 7.11 Å². The van der Waals surface area contributed by atoms with Crippen LogP contribution in [0.1, 0.15) is 16.8 Å². The fraction of sp³-hybridized carbons (Fsp3) is 0.375. The molecule has 0 aliphatic carbocycles. The summed E-state index contributed by atoms with van der Waals surface area (Å²) in [5.74, 6) is 0.0654. The van der Waals surface area contributed by atoms with Gasteiger partial charge in [-0.1, -0.05) is 6.07 Å². The second kappa shape index (κ2) is 6.94. The molecule has 2 heterocycles. The maximum atomic E-state index is 12.6. The lowest BCUT2D eigenvalue weighted by Gasteiger charge is -2.12. The maximum Gasteiger partial charge on any atom is 0.337 e. The van der Waals surface area contributed by atoms with Crippen LogP contribution in [0, 0.1) is 5.92 Å². The molecule has 0 amide bonds. The lowest BCUT2D eigenvalue weighted by Crippen LogP contribution is -2.24. The van der Waals surface area contributed by atoms with Gasteiger partial charge in [0.15, 0.2) is 0 Å². The fourth-order valence-corrected chi connectivity index (χ4v) is 2.82. The van der Waals surface area contributed by atoms with E-state index in [0.717, 1.165) is 24.9 Å². The molecular weight excluding hydrogens is 304 g/mol. The van der Waals surface area contributed by atoms with Crippen LogP contribution in [0.5, 0.6) is 0 Å². The minimum absolute atomic E-state index is 0. The molecule has 1 aliphatic heterocycles. The molecule has 22 heavy (non-hydrogen) atoms. The summed E-state index contributed by atoms with van der Waals surface area (Å²) in [6.07, 6.45) is 2.92. The van der Waals surface area contributed by atoms with E-state index in [1.807, 2.05) is 12.3 Å². The van der Waals surface area contributed by atoms with Crippen molar-refractivity contribution in [3.63, 3.8) is 0 Å². The molecule has 0 radical (unpaired) electrons. The first kappa shape index (κ1) is 16.5. The average Bonchev–Trinajstić information content (AvgIpc) is 3.02. The highest BCUT2D eigenvalue weighted by Crippen LogP contribution is 2.15. The average molecular weight is 323 g/mol. The van der Waals surface area contributed by atoms with Crippen molar-refractivity contribution < 1.29 is 9.53 Å². The summed E-state index contributed by atoms with van der Waals surface area (Å²) in [7, 11) is 1.34. The second-order valence-electron chi connectivity index (χ2n) is 5.43. The largest absolute Gasteiger partial charge is 0.465 e. The van der Waals surface area contributed by atoms with Gasteiger partial charge in [-0.2, -0.15) is 0 Å². The second-order valence-corrected chi connectivity index (χ2v) is 5.43. The molecule has 2 aromatic rings. The molecule has 1 fully saturated rings. The van der Waals surface area contributed by atoms with Crippen molar-refractivity contribution in [2.24, 2.45) is 5.92 Å². The van der Waals surface area contributed by atoms with Crippen molar-refractivity contribution in [3.05, 3.63) is 46.4 Å². The van der Waals surface area contributed by atoms with Crippen LogP contribution in [0.3, 0.4) is 0 Å². The number of halogens is 1. The molecule has 0 bridgehead atoms. The van der Waals surface area contributed by atoms with E-state index in [1.54, 1.807) is 22.8 Å². The third kappa shape index (κ3) is 3.15. The number of ether oxygens (including phenoxy) is 1. The van der Waals surface area contributed by atoms with E-state index in [-0.39, 0.29) is 18.0 Å². The summed E-state index contributed by atoms with van der Waals surface area (Å²) in [4.78, 5) is 24.2. The van der Waals surface area contributed by atoms with Crippen LogP contribution in [0.2, 0.25) is 0 Å². The van der Waals surface area contributed by atoms with Gasteiger partial charge in [-0.15, -0.1) is 12.4 Å². The number of hydrogen-bond acceptors (Lipinski definition) is 4. The molecule has 0 spiro atoms. The Morgan fingerprint density at radius 1 is 1.41 bits per heavy atom. The van der Waals surface area contributed by atoms with Crippen LogP contribution in [0.15, 0.2) is 35.3 Å². The van der Waals surface area contributed by atoms with Crippen molar-refractivity contribution in [1.29, 1.82) is 0 Å². The Labute approximate surface area is 134 Å². The predicted molar refractivity (Wildman–Crippen MR) is 87.8 cm³/mol. The summed E-state index contributed by atoms with van der Waals surface area (Å²) in [6.45, 7) is 2.68. The molecule has 6 heteroatoms. The summed E-state index contributed by atoms with van der Waals surface area (Å²) in [5, 5.41) is 4.71. The number of methoxy groups -OCH3 is 1. The van der Waals surface area contributed by atoms with Crippen molar-refractivity contribution in [3.8, 4) is 0 Å². The number of rotatable bonds is 3. The van der Waals surface area contributed by atoms with Gasteiger partial charge in [0.2, 0.25) is 0 Å². The van der Waals surface area contributed by atoms with Crippen molar-refractivity contribution in [2.75, 3.05) is 20.2 Å². The van der Waals surface area contributed by atoms with Crippen LogP contribution in [-0.4, -0.2) is 30.7 Å². The first-order chi connectivity index (χ1) is 10.2. The first-order valence-electron chi connectivity index (χ1n) is 7.11. The molecule has 1 saturated heterocycles. The third-order valence-electron chi connectivity index (χ3n) is 4.02. The van der Waals surface area contributed by atoms with E-state index in [4.69, 9.17) is 4.74 Å². The van der Waals surface area contributed by atoms with Crippen LogP contribution in [0.25, 0.3) is 10.8 Å². The SMILES string of the molecule is COC(=O)c1ccc2ccn(CC3CCNC3)c(=O)c2c1.Cl. The van der Waals surface area contributed by atoms with Gasteiger partial charge in [-0.3, -0.25) is 4.79 Å². The number of hydrogen-bond donors (Lipinski definition) is 1. The van der Waals surface area contributed by atoms with Crippen molar-refractivity contribution >= 4 is 29.1 Å². The fourth-order valence-electron chi connectivity index (χ4n) is 2.82. The zero-order valence-electron chi connectivity index (χ0n) is 12.4. The quantitative estimate of drug-likeness (QED) is 0.876. The molecule has 3 rings (SSSR count). The van der Waals surface area contributed by atoms with Crippen molar-refractivity contribution in [2.45, 2.75) is 13.0 Å². The first-order valence-corrected chi connectivity index (χ1v) is 7.11. The van der Waals surface area contributed by atoms with Gasteiger partial charge in [-0.05, 0) is 49.0 Å². The van der Waals surface area contributed by atoms with E-state index >= 15 is 0 Å². The normalized spacial score (nSPS) is 17.2. The molecule has 1 N–H and O–H groups in total. The number of nitrogens with zero attached hydrogens (tertiary/aromatic N) is 1. The Balaban J connectivity index is 0.00000176. The maximum absolute atomic E-state index is 12.6. The Morgan fingerprint density at radius 2 is 2.23 bits per heavy atom. The summed E-state index contributed by atoms with van der Waals surface area (Å²) in [6, 6.07) is 7.00. The number of pyridine rings is 1. The van der Waals surface area contributed by atoms with Gasteiger partial charge in [0.1, 0.15) is 0 Å². The molecule has 1 atom stereocenters. The topological polar surface area (TPSA) is 60.3 Å². The summed E-state index contributed by atoms with van der Waals surface area (Å²) in [5.41, 5.74) is 0.354. The number of carbonyl (C=O) groups is 1. The molecule has 0 saturated carbocycles. The van der Waals surface area contributed by atoms with Gasteiger partial charge >= 0.3 is 5.97 Å². The lowest BCUT2D eigenvalue weighted by molar-refractivity contribution is 0.0601. The standard InChI is InChI=1S/C16H18N2O3.ClH/c1-21-16(20)13-3-2-12-5-7-18(15(19)14(12)8-13)10-11-4-6-17-9-11;/h2-3,5,7-8,11,17H,4,6,9-10H2,1H3;1H. The van der Waals surface area contributed by atoms with Gasteiger partial charge in [0, 0.05) is 18.1 Å². The molecule has 1 aromatic carbocycles. The zero-order valence-corrected chi connectivity index (χ0v) is 13.2. The number of fused-ring (bicyclic) bond motifs is 1. The van der Waals surface area contributed by atoms with Crippen molar-refractivity contribution in [1.82, 2.24) is 9.88 Å². The summed E-state index contributed by atoms with van der Waals surface area (Å²) < 4.78 is 6.44. The number of benzene rings is 1. The molecule has 5 nitrogen and oxygen atoms in total. The van der Waals surface area contributed by atoms with Crippen LogP contribution < -0.4 is 10.9 Å². The number of nitrogens with one attached hydrogen (secondary N) is 1.